The first-order valence-corrected chi connectivity index (χ1v) is 7.91. The van der Waals surface area contributed by atoms with Gasteiger partial charge in [-0.3, -0.25) is 0 Å². The summed E-state index contributed by atoms with van der Waals surface area (Å²) >= 11 is 11.6. The Labute approximate surface area is 146 Å². The van der Waals surface area contributed by atoms with Crippen molar-refractivity contribution < 1.29 is 9.25 Å². The first-order valence-electron chi connectivity index (χ1n) is 7.13. The second-order valence-electron chi connectivity index (χ2n) is 6.02. The quantitative estimate of drug-likeness (QED) is 0.469. The molecule has 1 N–H and O–H groups in total. The van der Waals surface area contributed by atoms with Crippen LogP contribution in [0.15, 0.2) is 40.1 Å². The zero-order valence-electron chi connectivity index (χ0n) is 13.5. The molecule has 1 aromatic carbocycles. The number of furan rings is 1. The Bertz CT molecular complexity index is 732. The summed E-state index contributed by atoms with van der Waals surface area (Å²) in [5.74, 6) is 0.775. The lowest BCUT2D eigenvalue weighted by Gasteiger charge is -2.15. The van der Waals surface area contributed by atoms with E-state index in [1.165, 1.54) is 0 Å². The predicted octanol–water partition coefficient (Wildman–Crippen LogP) is 5.18. The van der Waals surface area contributed by atoms with Crippen molar-refractivity contribution in [2.45, 2.75) is 33.3 Å². The lowest BCUT2D eigenvalue weighted by Crippen LogP contribution is -2.15. The van der Waals surface area contributed by atoms with Gasteiger partial charge >= 0.3 is 0 Å². The molecule has 4 nitrogen and oxygen atoms in total. The Hall–Kier alpha value is -1.85. The fourth-order valence-corrected chi connectivity index (χ4v) is 2.28. The number of nitrogens with one attached hydrogen (secondary N) is 1. The number of anilines is 1. The first kappa shape index (κ1) is 17.5. The van der Waals surface area contributed by atoms with Crippen LogP contribution in [0.5, 0.6) is 0 Å². The Morgan fingerprint density at radius 3 is 2.70 bits per heavy atom. The van der Waals surface area contributed by atoms with Gasteiger partial charge in [0, 0.05) is 16.3 Å². The predicted molar refractivity (Wildman–Crippen MR) is 98.7 cm³/mol. The molecule has 6 heteroatoms. The van der Waals surface area contributed by atoms with Crippen LogP contribution >= 0.6 is 23.8 Å². The van der Waals surface area contributed by atoms with E-state index >= 15 is 0 Å². The molecule has 0 saturated carbocycles. The summed E-state index contributed by atoms with van der Waals surface area (Å²) < 4.78 is 5.26. The zero-order chi connectivity index (χ0) is 17.0. The fourth-order valence-electron chi connectivity index (χ4n) is 1.78. The third-order valence-electron chi connectivity index (χ3n) is 2.88. The number of halogens is 1. The molecule has 0 saturated heterocycles. The van der Waals surface area contributed by atoms with E-state index in [0.29, 0.717) is 10.0 Å². The van der Waals surface area contributed by atoms with Gasteiger partial charge in [-0.2, -0.15) is 0 Å². The van der Waals surface area contributed by atoms with Crippen molar-refractivity contribution in [3.05, 3.63) is 52.4 Å². The third kappa shape index (κ3) is 5.08. The van der Waals surface area contributed by atoms with Crippen molar-refractivity contribution in [1.82, 2.24) is 0 Å². The average molecular weight is 351 g/mol. The molecule has 122 valence electrons. The van der Waals surface area contributed by atoms with Gasteiger partial charge in [0.25, 0.3) is 0 Å². The van der Waals surface area contributed by atoms with Crippen LogP contribution in [0.1, 0.15) is 37.7 Å². The summed E-state index contributed by atoms with van der Waals surface area (Å²) in [6, 6.07) is 7.33. The van der Waals surface area contributed by atoms with Gasteiger partial charge in [0.15, 0.2) is 0 Å². The summed E-state index contributed by atoms with van der Waals surface area (Å²) in [4.78, 5) is 5.93. The molecule has 0 aliphatic heterocycles. The molecule has 2 aromatic rings. The number of aryl methyl sites for hydroxylation is 1. The van der Waals surface area contributed by atoms with Crippen molar-refractivity contribution in [1.29, 1.82) is 0 Å². The molecule has 1 heterocycles. The minimum Gasteiger partial charge on any atom is -0.469 e. The van der Waals surface area contributed by atoms with Crippen molar-refractivity contribution >= 4 is 40.7 Å². The Morgan fingerprint density at radius 2 is 2.09 bits per heavy atom. The number of rotatable bonds is 4. The molecule has 2 rings (SSSR count). The summed E-state index contributed by atoms with van der Waals surface area (Å²) in [5, 5.41) is 7.73. The van der Waals surface area contributed by atoms with Crippen molar-refractivity contribution in [3.63, 3.8) is 0 Å². The molecule has 0 atom stereocenters. The second-order valence-corrected chi connectivity index (χ2v) is 6.83. The van der Waals surface area contributed by atoms with E-state index in [9.17, 15) is 0 Å². The number of nitrogens with zero attached hydrogens (tertiary/aromatic N) is 1. The Balaban J connectivity index is 2.14. The lowest BCUT2D eigenvalue weighted by atomic mass is 10.2. The van der Waals surface area contributed by atoms with Gasteiger partial charge in [-0.05, 0) is 52.0 Å². The Morgan fingerprint density at radius 1 is 1.35 bits per heavy atom. The maximum absolute atomic E-state index is 6.19. The molecule has 23 heavy (non-hydrogen) atoms. The monoisotopic (exact) mass is 350 g/mol. The molecule has 0 bridgehead atoms. The van der Waals surface area contributed by atoms with Crippen LogP contribution in [0.4, 0.5) is 5.69 Å². The van der Waals surface area contributed by atoms with Crippen LogP contribution in [0, 0.1) is 6.92 Å². The molecule has 0 amide bonds. The topological polar surface area (TPSA) is 46.8 Å². The largest absolute Gasteiger partial charge is 0.469 e. The molecule has 0 radical (unpaired) electrons. The van der Waals surface area contributed by atoms with Gasteiger partial charge in [0.1, 0.15) is 16.3 Å². The molecule has 0 aliphatic carbocycles. The minimum atomic E-state index is -0.348. The van der Waals surface area contributed by atoms with Crippen LogP contribution < -0.4 is 5.32 Å². The number of thiocarbonyl (C=S) groups is 1. The van der Waals surface area contributed by atoms with Gasteiger partial charge in [0.05, 0.1) is 18.0 Å². The highest BCUT2D eigenvalue weighted by molar-refractivity contribution is 7.81. The van der Waals surface area contributed by atoms with Gasteiger partial charge in [0.2, 0.25) is 0 Å². The van der Waals surface area contributed by atoms with Gasteiger partial charge in [-0.1, -0.05) is 29.0 Å². The smallest absolute Gasteiger partial charge is 0.129 e. The van der Waals surface area contributed by atoms with Crippen LogP contribution in [0.2, 0.25) is 5.02 Å². The van der Waals surface area contributed by atoms with E-state index in [1.807, 2.05) is 45.9 Å². The zero-order valence-corrected chi connectivity index (χ0v) is 15.1. The maximum Gasteiger partial charge on any atom is 0.129 e. The van der Waals surface area contributed by atoms with E-state index in [2.05, 4.69) is 10.5 Å². The third-order valence-corrected chi connectivity index (χ3v) is 3.54. The van der Waals surface area contributed by atoms with Gasteiger partial charge < -0.3 is 14.6 Å². The SMILES string of the molecule is Cc1occc1C(=S)Nc1ccc(Cl)c(/C=N\OC(C)(C)C)c1. The van der Waals surface area contributed by atoms with Crippen molar-refractivity contribution in [2.24, 2.45) is 5.16 Å². The number of hydrogen-bond donors (Lipinski definition) is 1. The molecule has 1 aromatic heterocycles. The summed E-state index contributed by atoms with van der Waals surface area (Å²) in [7, 11) is 0. The molecule has 0 spiro atoms. The molecule has 0 fully saturated rings. The maximum atomic E-state index is 6.19. The van der Waals surface area contributed by atoms with E-state index in [0.717, 1.165) is 22.6 Å². The van der Waals surface area contributed by atoms with Crippen LogP contribution in [0.3, 0.4) is 0 Å². The van der Waals surface area contributed by atoms with E-state index in [1.54, 1.807) is 18.5 Å². The van der Waals surface area contributed by atoms with Crippen LogP contribution in [-0.4, -0.2) is 16.8 Å². The van der Waals surface area contributed by atoms with Crippen LogP contribution in [0.25, 0.3) is 0 Å². The highest BCUT2D eigenvalue weighted by atomic mass is 35.5. The average Bonchev–Trinajstić information content (AvgIpc) is 2.87. The molecule has 0 unspecified atom stereocenters. The minimum absolute atomic E-state index is 0.348. The van der Waals surface area contributed by atoms with Gasteiger partial charge in [-0.15, -0.1) is 0 Å². The van der Waals surface area contributed by atoms with E-state index in [-0.39, 0.29) is 5.60 Å². The molecular weight excluding hydrogens is 332 g/mol. The normalized spacial score (nSPS) is 11.7. The Kier molecular flexibility index (Phi) is 5.44. The first-order chi connectivity index (χ1) is 10.8. The highest BCUT2D eigenvalue weighted by Gasteiger charge is 2.11. The van der Waals surface area contributed by atoms with Crippen molar-refractivity contribution in [2.75, 3.05) is 5.32 Å². The molecular formula is C17H19ClN2O2S. The second kappa shape index (κ2) is 7.15. The van der Waals surface area contributed by atoms with Gasteiger partial charge in [-0.25, -0.2) is 0 Å². The fraction of sp³-hybridized carbons (Fsp3) is 0.294. The van der Waals surface area contributed by atoms with Crippen molar-refractivity contribution in [3.8, 4) is 0 Å². The summed E-state index contributed by atoms with van der Waals surface area (Å²) in [6.45, 7) is 7.65. The number of oxime groups is 1. The molecule has 0 aliphatic rings. The van der Waals surface area contributed by atoms with Crippen LogP contribution in [-0.2, 0) is 4.84 Å². The number of hydrogen-bond acceptors (Lipinski definition) is 4. The summed E-state index contributed by atoms with van der Waals surface area (Å²) in [5.41, 5.74) is 2.07. The highest BCUT2D eigenvalue weighted by Crippen LogP contribution is 2.21. The summed E-state index contributed by atoms with van der Waals surface area (Å²) in [6.07, 6.45) is 3.20. The standard InChI is InChI=1S/C17H19ClN2O2S/c1-11-14(7-8-21-11)16(23)20-13-5-6-15(18)12(9-13)10-19-22-17(2,3)4/h5-10H,1-4H3,(H,20,23)/b19-10-. The number of benzene rings is 1. The lowest BCUT2D eigenvalue weighted by molar-refractivity contribution is 0.00199. The van der Waals surface area contributed by atoms with E-state index in [4.69, 9.17) is 33.1 Å². The van der Waals surface area contributed by atoms with E-state index < -0.39 is 0 Å².